The van der Waals surface area contributed by atoms with E-state index >= 15 is 0 Å². The van der Waals surface area contributed by atoms with Crippen LogP contribution in [-0.4, -0.2) is 22.7 Å². The smallest absolute Gasteiger partial charge is 0.421 e. The largest absolute Gasteiger partial charge is 0.494 e. The maximum absolute atomic E-state index is 13.5. The van der Waals surface area contributed by atoms with E-state index in [0.29, 0.717) is 23.7 Å². The lowest BCUT2D eigenvalue weighted by Crippen LogP contribution is -2.12. The SMILES string of the molecule is CCOc1cccc(Nc2nc(Nc3ccc(OC4CCCC4)cc3)ncc2C(F)(F)F)c1. The minimum absolute atomic E-state index is 0.0379. The van der Waals surface area contributed by atoms with Gasteiger partial charge in [-0.3, -0.25) is 0 Å². The molecular weight excluding hydrogens is 433 g/mol. The van der Waals surface area contributed by atoms with Crippen molar-refractivity contribution >= 4 is 23.1 Å². The zero-order valence-corrected chi connectivity index (χ0v) is 18.2. The highest BCUT2D eigenvalue weighted by Crippen LogP contribution is 2.36. The Morgan fingerprint density at radius 3 is 2.42 bits per heavy atom. The van der Waals surface area contributed by atoms with Crippen LogP contribution in [0.15, 0.2) is 54.7 Å². The molecule has 1 aliphatic carbocycles. The van der Waals surface area contributed by atoms with E-state index < -0.39 is 11.7 Å². The van der Waals surface area contributed by atoms with Gasteiger partial charge in [0.15, 0.2) is 0 Å². The van der Waals surface area contributed by atoms with E-state index in [2.05, 4.69) is 20.6 Å². The van der Waals surface area contributed by atoms with Gasteiger partial charge in [0.05, 0.1) is 12.7 Å². The van der Waals surface area contributed by atoms with Crippen LogP contribution in [0, 0.1) is 0 Å². The molecule has 1 aromatic heterocycles. The summed E-state index contributed by atoms with van der Waals surface area (Å²) in [5.41, 5.74) is 0.0949. The number of alkyl halides is 3. The minimum atomic E-state index is -4.61. The Morgan fingerprint density at radius 2 is 1.73 bits per heavy atom. The summed E-state index contributed by atoms with van der Waals surface area (Å²) in [5, 5.41) is 5.69. The number of benzene rings is 2. The highest BCUT2D eigenvalue weighted by molar-refractivity contribution is 5.64. The molecule has 0 spiro atoms. The maximum Gasteiger partial charge on any atom is 0.421 e. The van der Waals surface area contributed by atoms with E-state index in [1.165, 1.54) is 12.8 Å². The summed E-state index contributed by atoms with van der Waals surface area (Å²) in [7, 11) is 0. The molecule has 9 heteroatoms. The lowest BCUT2D eigenvalue weighted by Gasteiger charge is -2.16. The van der Waals surface area contributed by atoms with Crippen molar-refractivity contribution < 1.29 is 22.6 Å². The molecule has 2 aromatic carbocycles. The van der Waals surface area contributed by atoms with Gasteiger partial charge in [0.1, 0.15) is 22.9 Å². The molecule has 33 heavy (non-hydrogen) atoms. The monoisotopic (exact) mass is 458 g/mol. The fourth-order valence-corrected chi connectivity index (χ4v) is 3.66. The molecular formula is C24H25F3N4O2. The molecule has 0 aliphatic heterocycles. The fraction of sp³-hybridized carbons (Fsp3) is 0.333. The Labute approximate surface area is 190 Å². The quantitative estimate of drug-likeness (QED) is 0.391. The van der Waals surface area contributed by atoms with Crippen molar-refractivity contribution in [3.63, 3.8) is 0 Å². The number of nitrogens with zero attached hydrogens (tertiary/aromatic N) is 2. The van der Waals surface area contributed by atoms with E-state index in [9.17, 15) is 13.2 Å². The van der Waals surface area contributed by atoms with Gasteiger partial charge < -0.3 is 20.1 Å². The standard InChI is InChI=1S/C24H25F3N4O2/c1-2-32-20-9-5-6-17(14-20)29-22-21(24(25,26)27)15-28-23(31-22)30-16-10-12-19(13-11-16)33-18-7-3-4-8-18/h5-6,9-15,18H,2-4,7-8H2,1H3,(H2,28,29,30,31). The zero-order valence-electron chi connectivity index (χ0n) is 18.2. The predicted octanol–water partition coefficient (Wildman–Crippen LogP) is 6.70. The van der Waals surface area contributed by atoms with Crippen molar-refractivity contribution in [1.29, 1.82) is 0 Å². The lowest BCUT2D eigenvalue weighted by molar-refractivity contribution is -0.137. The Kier molecular flexibility index (Phi) is 6.86. The number of hydrogen-bond donors (Lipinski definition) is 2. The topological polar surface area (TPSA) is 68.3 Å². The average molecular weight is 458 g/mol. The highest BCUT2D eigenvalue weighted by atomic mass is 19.4. The van der Waals surface area contributed by atoms with E-state index in [1.807, 2.05) is 19.1 Å². The van der Waals surface area contributed by atoms with Crippen molar-refractivity contribution in [2.45, 2.75) is 44.9 Å². The maximum atomic E-state index is 13.5. The molecule has 1 heterocycles. The molecule has 6 nitrogen and oxygen atoms in total. The van der Waals surface area contributed by atoms with Crippen molar-refractivity contribution in [3.8, 4) is 11.5 Å². The summed E-state index contributed by atoms with van der Waals surface area (Å²) in [6.45, 7) is 2.28. The van der Waals surface area contributed by atoms with Crippen molar-refractivity contribution in [3.05, 3.63) is 60.3 Å². The Morgan fingerprint density at radius 1 is 0.970 bits per heavy atom. The third kappa shape index (κ3) is 6.06. The van der Waals surface area contributed by atoms with Gasteiger partial charge in [-0.05, 0) is 69.0 Å². The van der Waals surface area contributed by atoms with E-state index in [-0.39, 0.29) is 17.9 Å². The van der Waals surface area contributed by atoms with Gasteiger partial charge in [0, 0.05) is 23.6 Å². The first-order valence-corrected chi connectivity index (χ1v) is 10.9. The summed E-state index contributed by atoms with van der Waals surface area (Å²) in [5.74, 6) is 0.992. The van der Waals surface area contributed by atoms with Gasteiger partial charge in [-0.25, -0.2) is 4.98 Å². The number of rotatable bonds is 8. The predicted molar refractivity (Wildman–Crippen MR) is 121 cm³/mol. The summed E-state index contributed by atoms with van der Waals surface area (Å²) in [4.78, 5) is 7.94. The van der Waals surface area contributed by atoms with Crippen LogP contribution in [0.1, 0.15) is 38.2 Å². The second-order valence-corrected chi connectivity index (χ2v) is 7.71. The first-order valence-electron chi connectivity index (χ1n) is 10.9. The molecule has 0 saturated heterocycles. The van der Waals surface area contributed by atoms with Gasteiger partial charge in [-0.1, -0.05) is 6.07 Å². The summed E-state index contributed by atoms with van der Waals surface area (Å²) < 4.78 is 52.0. The Hall–Kier alpha value is -3.49. The van der Waals surface area contributed by atoms with Crippen molar-refractivity contribution in [2.75, 3.05) is 17.2 Å². The second-order valence-electron chi connectivity index (χ2n) is 7.71. The normalized spacial score (nSPS) is 14.2. The van der Waals surface area contributed by atoms with Gasteiger partial charge >= 0.3 is 6.18 Å². The number of nitrogens with one attached hydrogen (secondary N) is 2. The minimum Gasteiger partial charge on any atom is -0.494 e. The Bertz CT molecular complexity index is 1070. The molecule has 1 saturated carbocycles. The summed E-state index contributed by atoms with van der Waals surface area (Å²) in [6, 6.07) is 13.9. The third-order valence-electron chi connectivity index (χ3n) is 5.22. The second kappa shape index (κ2) is 9.97. The molecule has 0 bridgehead atoms. The van der Waals surface area contributed by atoms with Gasteiger partial charge in [0.25, 0.3) is 0 Å². The van der Waals surface area contributed by atoms with Crippen molar-refractivity contribution in [2.24, 2.45) is 0 Å². The molecule has 0 radical (unpaired) electrons. The molecule has 2 N–H and O–H groups in total. The highest BCUT2D eigenvalue weighted by Gasteiger charge is 2.35. The van der Waals surface area contributed by atoms with Crippen LogP contribution in [0.2, 0.25) is 0 Å². The first kappa shape index (κ1) is 22.7. The van der Waals surface area contributed by atoms with Gasteiger partial charge in [-0.15, -0.1) is 0 Å². The third-order valence-corrected chi connectivity index (χ3v) is 5.22. The van der Waals surface area contributed by atoms with Crippen LogP contribution in [-0.2, 0) is 6.18 Å². The summed E-state index contributed by atoms with van der Waals surface area (Å²) in [6.07, 6.45) is 0.880. The molecule has 3 aromatic rings. The van der Waals surface area contributed by atoms with Crippen LogP contribution < -0.4 is 20.1 Å². The lowest BCUT2D eigenvalue weighted by atomic mass is 10.2. The van der Waals surface area contributed by atoms with Crippen LogP contribution >= 0.6 is 0 Å². The summed E-state index contributed by atoms with van der Waals surface area (Å²) >= 11 is 0. The first-order chi connectivity index (χ1) is 15.9. The Balaban J connectivity index is 1.52. The molecule has 0 amide bonds. The molecule has 1 fully saturated rings. The number of anilines is 4. The zero-order chi connectivity index (χ0) is 23.3. The average Bonchev–Trinajstić information content (AvgIpc) is 3.28. The fourth-order valence-electron chi connectivity index (χ4n) is 3.66. The van der Waals surface area contributed by atoms with E-state index in [1.54, 1.807) is 36.4 Å². The molecule has 4 rings (SSSR count). The van der Waals surface area contributed by atoms with Gasteiger partial charge in [-0.2, -0.15) is 18.2 Å². The molecule has 174 valence electrons. The number of halogens is 3. The molecule has 1 aliphatic rings. The van der Waals surface area contributed by atoms with Crippen LogP contribution in [0.3, 0.4) is 0 Å². The number of aromatic nitrogens is 2. The molecule has 0 unspecified atom stereocenters. The van der Waals surface area contributed by atoms with Crippen LogP contribution in [0.5, 0.6) is 11.5 Å². The number of ether oxygens (including phenoxy) is 2. The molecule has 0 atom stereocenters. The van der Waals surface area contributed by atoms with Crippen LogP contribution in [0.4, 0.5) is 36.3 Å². The van der Waals surface area contributed by atoms with E-state index in [4.69, 9.17) is 9.47 Å². The van der Waals surface area contributed by atoms with Gasteiger partial charge in [0.2, 0.25) is 5.95 Å². The van der Waals surface area contributed by atoms with Crippen molar-refractivity contribution in [1.82, 2.24) is 9.97 Å². The van der Waals surface area contributed by atoms with E-state index in [0.717, 1.165) is 24.8 Å². The van der Waals surface area contributed by atoms with Crippen LogP contribution in [0.25, 0.3) is 0 Å². The number of hydrogen-bond acceptors (Lipinski definition) is 6.